The minimum atomic E-state index is -0.0972. The fourth-order valence-corrected chi connectivity index (χ4v) is 3.04. The summed E-state index contributed by atoms with van der Waals surface area (Å²) < 4.78 is 12.8. The molecular formula is C21H20N2O3. The van der Waals surface area contributed by atoms with Crippen LogP contribution in [-0.4, -0.2) is 23.8 Å². The van der Waals surface area contributed by atoms with Gasteiger partial charge >= 0.3 is 0 Å². The van der Waals surface area contributed by atoms with Gasteiger partial charge in [0.05, 0.1) is 0 Å². The van der Waals surface area contributed by atoms with Crippen molar-refractivity contribution in [1.82, 2.24) is 9.88 Å². The molecule has 5 nitrogen and oxygen atoms in total. The van der Waals surface area contributed by atoms with Gasteiger partial charge in [-0.25, -0.2) is 0 Å². The highest BCUT2D eigenvalue weighted by Gasteiger charge is 2.12. The van der Waals surface area contributed by atoms with Crippen LogP contribution in [0.25, 0.3) is 17.0 Å². The van der Waals surface area contributed by atoms with E-state index in [1.165, 1.54) is 10.9 Å². The minimum Gasteiger partial charge on any atom is -0.454 e. The first-order valence-electron chi connectivity index (χ1n) is 8.69. The number of nitrogens with one attached hydrogen (secondary N) is 1. The lowest BCUT2D eigenvalue weighted by atomic mass is 10.2. The van der Waals surface area contributed by atoms with E-state index in [0.717, 1.165) is 24.3 Å². The molecule has 132 valence electrons. The Labute approximate surface area is 151 Å². The molecular weight excluding hydrogens is 328 g/mol. The SMILES string of the molecule is O=C(C=Cc1ccc2c(c1)OCO2)NCCCn1ccc2ccccc21. The standard InChI is InChI=1S/C21H20N2O3/c24-21(9-7-16-6-8-19-20(14-16)26-15-25-19)22-11-3-12-23-13-10-17-4-1-2-5-18(17)23/h1-2,4-10,13-14H,3,11-12,15H2,(H,22,24). The first kappa shape index (κ1) is 16.3. The molecule has 1 N–H and O–H groups in total. The van der Waals surface area contributed by atoms with E-state index in [1.807, 2.05) is 30.3 Å². The molecule has 26 heavy (non-hydrogen) atoms. The maximum absolute atomic E-state index is 12.0. The van der Waals surface area contributed by atoms with E-state index in [1.54, 1.807) is 12.2 Å². The molecule has 0 aliphatic carbocycles. The molecule has 2 aromatic carbocycles. The third kappa shape index (κ3) is 3.57. The molecule has 0 saturated carbocycles. The summed E-state index contributed by atoms with van der Waals surface area (Å²) in [6.45, 7) is 1.76. The van der Waals surface area contributed by atoms with Crippen molar-refractivity contribution in [2.45, 2.75) is 13.0 Å². The fraction of sp³-hybridized carbons (Fsp3) is 0.190. The average Bonchev–Trinajstić information content (AvgIpc) is 3.30. The van der Waals surface area contributed by atoms with Crippen molar-refractivity contribution < 1.29 is 14.3 Å². The van der Waals surface area contributed by atoms with Gasteiger partial charge in [0.1, 0.15) is 0 Å². The second kappa shape index (κ2) is 7.35. The molecule has 1 amide bonds. The van der Waals surface area contributed by atoms with E-state index < -0.39 is 0 Å². The Morgan fingerprint density at radius 3 is 2.96 bits per heavy atom. The van der Waals surface area contributed by atoms with Crippen molar-refractivity contribution in [3.8, 4) is 11.5 Å². The van der Waals surface area contributed by atoms with Crippen molar-refractivity contribution in [2.24, 2.45) is 0 Å². The number of rotatable bonds is 6. The summed E-state index contributed by atoms with van der Waals surface area (Å²) in [5, 5.41) is 4.16. The van der Waals surface area contributed by atoms with Gasteiger partial charge in [-0.1, -0.05) is 24.3 Å². The van der Waals surface area contributed by atoms with Crippen molar-refractivity contribution in [1.29, 1.82) is 0 Å². The van der Waals surface area contributed by atoms with Crippen LogP contribution in [0.2, 0.25) is 0 Å². The molecule has 0 fully saturated rings. The number of fused-ring (bicyclic) bond motifs is 2. The Kier molecular flexibility index (Phi) is 4.60. The van der Waals surface area contributed by atoms with Crippen molar-refractivity contribution in [3.05, 3.63) is 66.4 Å². The summed E-state index contributed by atoms with van der Waals surface area (Å²) in [5.41, 5.74) is 2.13. The molecule has 1 aliphatic heterocycles. The molecule has 4 rings (SSSR count). The van der Waals surface area contributed by atoms with Gasteiger partial charge in [0.25, 0.3) is 0 Å². The predicted molar refractivity (Wildman–Crippen MR) is 101 cm³/mol. The van der Waals surface area contributed by atoms with Crippen LogP contribution >= 0.6 is 0 Å². The molecule has 0 saturated heterocycles. The van der Waals surface area contributed by atoms with Gasteiger partial charge in [-0.2, -0.15) is 0 Å². The number of carbonyl (C=O) groups excluding carboxylic acids is 1. The van der Waals surface area contributed by atoms with Crippen LogP contribution in [-0.2, 0) is 11.3 Å². The van der Waals surface area contributed by atoms with Crippen LogP contribution in [0, 0.1) is 0 Å². The molecule has 0 bridgehead atoms. The Morgan fingerprint density at radius 2 is 2.00 bits per heavy atom. The predicted octanol–water partition coefficient (Wildman–Crippen LogP) is 3.59. The third-order valence-electron chi connectivity index (χ3n) is 4.38. The Balaban J connectivity index is 1.25. The summed E-state index contributed by atoms with van der Waals surface area (Å²) in [7, 11) is 0. The highest BCUT2D eigenvalue weighted by atomic mass is 16.7. The molecule has 3 aromatic rings. The summed E-state index contributed by atoms with van der Waals surface area (Å²) in [5.74, 6) is 1.36. The van der Waals surface area contributed by atoms with E-state index in [-0.39, 0.29) is 12.7 Å². The summed E-state index contributed by atoms with van der Waals surface area (Å²) in [6.07, 6.45) is 6.29. The molecule has 1 aliphatic rings. The van der Waals surface area contributed by atoms with E-state index >= 15 is 0 Å². The highest BCUT2D eigenvalue weighted by Crippen LogP contribution is 2.32. The van der Waals surface area contributed by atoms with Gasteiger partial charge in [0.2, 0.25) is 12.7 Å². The van der Waals surface area contributed by atoms with E-state index in [0.29, 0.717) is 12.3 Å². The van der Waals surface area contributed by atoms with Gasteiger partial charge in [0, 0.05) is 30.9 Å². The zero-order chi connectivity index (χ0) is 17.8. The lowest BCUT2D eigenvalue weighted by Gasteiger charge is -2.06. The van der Waals surface area contributed by atoms with E-state index in [2.05, 4.69) is 34.3 Å². The highest BCUT2D eigenvalue weighted by molar-refractivity contribution is 5.91. The number of hydrogen-bond donors (Lipinski definition) is 1. The molecule has 0 radical (unpaired) electrons. The van der Waals surface area contributed by atoms with Gasteiger partial charge in [-0.15, -0.1) is 0 Å². The van der Waals surface area contributed by atoms with Crippen molar-refractivity contribution in [2.75, 3.05) is 13.3 Å². The molecule has 0 spiro atoms. The molecule has 1 aromatic heterocycles. The zero-order valence-electron chi connectivity index (χ0n) is 14.4. The summed E-state index contributed by atoms with van der Waals surface area (Å²) >= 11 is 0. The lowest BCUT2D eigenvalue weighted by molar-refractivity contribution is -0.116. The maximum atomic E-state index is 12.0. The average molecular weight is 348 g/mol. The van der Waals surface area contributed by atoms with Crippen LogP contribution in [0.3, 0.4) is 0 Å². The molecule has 0 unspecified atom stereocenters. The molecule has 5 heteroatoms. The smallest absolute Gasteiger partial charge is 0.244 e. The lowest BCUT2D eigenvalue weighted by Crippen LogP contribution is -2.23. The van der Waals surface area contributed by atoms with Gasteiger partial charge in [0.15, 0.2) is 11.5 Å². The number of amides is 1. The maximum Gasteiger partial charge on any atom is 0.244 e. The van der Waals surface area contributed by atoms with Gasteiger partial charge in [-0.3, -0.25) is 4.79 Å². The van der Waals surface area contributed by atoms with Crippen LogP contribution in [0.15, 0.2) is 60.8 Å². The van der Waals surface area contributed by atoms with Crippen molar-refractivity contribution >= 4 is 22.9 Å². The number of carbonyl (C=O) groups is 1. The van der Waals surface area contributed by atoms with Crippen molar-refractivity contribution in [3.63, 3.8) is 0 Å². The normalized spacial score (nSPS) is 12.8. The topological polar surface area (TPSA) is 52.5 Å². The number of hydrogen-bond acceptors (Lipinski definition) is 3. The Hall–Kier alpha value is -3.21. The van der Waals surface area contributed by atoms with Crippen LogP contribution < -0.4 is 14.8 Å². The summed E-state index contributed by atoms with van der Waals surface area (Å²) in [6, 6.07) is 16.0. The Morgan fingerprint density at radius 1 is 1.12 bits per heavy atom. The minimum absolute atomic E-state index is 0.0972. The number of aromatic nitrogens is 1. The monoisotopic (exact) mass is 348 g/mol. The van der Waals surface area contributed by atoms with Crippen LogP contribution in [0.5, 0.6) is 11.5 Å². The third-order valence-corrected chi connectivity index (χ3v) is 4.38. The zero-order valence-corrected chi connectivity index (χ0v) is 14.4. The first-order valence-corrected chi connectivity index (χ1v) is 8.69. The molecule has 0 atom stereocenters. The Bertz CT molecular complexity index is 959. The first-order chi connectivity index (χ1) is 12.8. The largest absolute Gasteiger partial charge is 0.454 e. The number of aryl methyl sites for hydroxylation is 1. The second-order valence-electron chi connectivity index (χ2n) is 6.16. The number of nitrogens with zero attached hydrogens (tertiary/aromatic N) is 1. The quantitative estimate of drug-likeness (QED) is 0.547. The fourth-order valence-electron chi connectivity index (χ4n) is 3.04. The van der Waals surface area contributed by atoms with Gasteiger partial charge < -0.3 is 19.4 Å². The number of ether oxygens (including phenoxy) is 2. The van der Waals surface area contributed by atoms with E-state index in [9.17, 15) is 4.79 Å². The van der Waals surface area contributed by atoms with E-state index in [4.69, 9.17) is 9.47 Å². The number of para-hydroxylation sites is 1. The number of benzene rings is 2. The van der Waals surface area contributed by atoms with Crippen LogP contribution in [0.1, 0.15) is 12.0 Å². The second-order valence-corrected chi connectivity index (χ2v) is 6.16. The molecule has 2 heterocycles. The van der Waals surface area contributed by atoms with Crippen LogP contribution in [0.4, 0.5) is 0 Å². The van der Waals surface area contributed by atoms with Gasteiger partial charge in [-0.05, 0) is 47.7 Å². The summed E-state index contributed by atoms with van der Waals surface area (Å²) in [4.78, 5) is 12.0.